The minimum Gasteiger partial charge on any atom is -0.352 e. The molecule has 0 atom stereocenters. The van der Waals surface area contributed by atoms with Gasteiger partial charge in [-0.05, 0) is 29.7 Å². The summed E-state index contributed by atoms with van der Waals surface area (Å²) in [5, 5.41) is 12.1. The molecule has 5 aromatic heterocycles. The van der Waals surface area contributed by atoms with Crippen LogP contribution in [0.25, 0.3) is 55.6 Å². The molecular weight excluding hydrogens is 493 g/mol. The molecule has 194 valence electrons. The maximum absolute atomic E-state index is 14.6. The van der Waals surface area contributed by atoms with E-state index in [1.807, 2.05) is 39.0 Å². The SMILES string of the molecule is CC(C)(C)CC(=O)Nc1cncc(-c2cnc3n[nH]c(-c4cc5c(-c6ccccc6F)cncc5[nH]4)c3c2)c1. The molecule has 6 aromatic rings. The van der Waals surface area contributed by atoms with Gasteiger partial charge in [0.15, 0.2) is 5.65 Å². The highest BCUT2D eigenvalue weighted by Crippen LogP contribution is 2.35. The lowest BCUT2D eigenvalue weighted by Gasteiger charge is -2.17. The number of carbonyl (C=O) groups is 1. The van der Waals surface area contributed by atoms with E-state index in [0.717, 1.165) is 38.8 Å². The van der Waals surface area contributed by atoms with E-state index in [0.29, 0.717) is 28.9 Å². The number of aromatic amines is 2. The van der Waals surface area contributed by atoms with Crippen LogP contribution in [-0.4, -0.2) is 36.0 Å². The molecule has 0 aliphatic heterocycles. The standard InChI is InChI=1S/C30H26FN7O/c1-30(2,3)11-27(39)35-19-8-17(12-32-14-19)18-9-22-28(37-38-29(22)34-13-18)25-10-21-23(15-33-16-26(21)36-25)20-6-4-5-7-24(20)31/h4-10,12-16,36H,11H2,1-3H3,(H,35,39)(H,34,37,38). The lowest BCUT2D eigenvalue weighted by molar-refractivity contribution is -0.117. The monoisotopic (exact) mass is 519 g/mol. The Bertz CT molecular complexity index is 1850. The number of hydrogen-bond donors (Lipinski definition) is 3. The van der Waals surface area contributed by atoms with Crippen molar-refractivity contribution in [3.63, 3.8) is 0 Å². The van der Waals surface area contributed by atoms with Crippen molar-refractivity contribution in [2.45, 2.75) is 27.2 Å². The largest absolute Gasteiger partial charge is 0.352 e. The highest BCUT2D eigenvalue weighted by Gasteiger charge is 2.18. The summed E-state index contributed by atoms with van der Waals surface area (Å²) in [5.41, 5.74) is 6.20. The van der Waals surface area contributed by atoms with Gasteiger partial charge in [0.05, 0.1) is 35.0 Å². The van der Waals surface area contributed by atoms with Gasteiger partial charge in [-0.3, -0.25) is 19.9 Å². The molecule has 0 saturated carbocycles. The van der Waals surface area contributed by atoms with Crippen LogP contribution in [0.3, 0.4) is 0 Å². The Morgan fingerprint density at radius 3 is 2.54 bits per heavy atom. The number of nitrogens with zero attached hydrogens (tertiary/aromatic N) is 4. The van der Waals surface area contributed by atoms with Gasteiger partial charge in [0.1, 0.15) is 5.82 Å². The molecule has 5 heterocycles. The van der Waals surface area contributed by atoms with E-state index in [4.69, 9.17) is 0 Å². The number of amides is 1. The molecule has 39 heavy (non-hydrogen) atoms. The van der Waals surface area contributed by atoms with E-state index >= 15 is 0 Å². The molecule has 0 aliphatic carbocycles. The fraction of sp³-hybridized carbons (Fsp3) is 0.167. The van der Waals surface area contributed by atoms with Gasteiger partial charge in [-0.15, -0.1) is 0 Å². The zero-order chi connectivity index (χ0) is 27.1. The van der Waals surface area contributed by atoms with E-state index in [9.17, 15) is 9.18 Å². The van der Waals surface area contributed by atoms with E-state index in [1.165, 1.54) is 6.07 Å². The molecule has 0 aliphatic rings. The number of anilines is 1. The predicted molar refractivity (Wildman–Crippen MR) is 150 cm³/mol. The highest BCUT2D eigenvalue weighted by molar-refractivity contribution is 6.00. The quantitative estimate of drug-likeness (QED) is 0.233. The van der Waals surface area contributed by atoms with Crippen LogP contribution < -0.4 is 5.32 Å². The van der Waals surface area contributed by atoms with Crippen LogP contribution >= 0.6 is 0 Å². The molecule has 3 N–H and O–H groups in total. The van der Waals surface area contributed by atoms with Crippen LogP contribution in [0, 0.1) is 11.2 Å². The van der Waals surface area contributed by atoms with Crippen molar-refractivity contribution in [2.24, 2.45) is 5.41 Å². The minimum atomic E-state index is -0.305. The van der Waals surface area contributed by atoms with Crippen molar-refractivity contribution < 1.29 is 9.18 Å². The third-order valence-electron chi connectivity index (χ3n) is 6.43. The average Bonchev–Trinajstić information content (AvgIpc) is 3.51. The zero-order valence-corrected chi connectivity index (χ0v) is 21.7. The molecule has 0 saturated heterocycles. The Kier molecular flexibility index (Phi) is 5.91. The van der Waals surface area contributed by atoms with Crippen LogP contribution in [0.2, 0.25) is 0 Å². The number of H-pyrrole nitrogens is 2. The zero-order valence-electron chi connectivity index (χ0n) is 21.7. The molecular formula is C30H26FN7O. The topological polar surface area (TPSA) is 112 Å². The fourth-order valence-electron chi connectivity index (χ4n) is 4.70. The van der Waals surface area contributed by atoms with Crippen molar-refractivity contribution >= 4 is 33.5 Å². The number of pyridine rings is 3. The average molecular weight is 520 g/mol. The van der Waals surface area contributed by atoms with Gasteiger partial charge >= 0.3 is 0 Å². The molecule has 0 spiro atoms. The summed E-state index contributed by atoms with van der Waals surface area (Å²) in [6.45, 7) is 6.07. The van der Waals surface area contributed by atoms with Crippen LogP contribution in [0.5, 0.6) is 0 Å². The van der Waals surface area contributed by atoms with Crippen LogP contribution in [0.4, 0.5) is 10.1 Å². The number of rotatable bonds is 5. The second kappa shape index (κ2) is 9.43. The third-order valence-corrected chi connectivity index (χ3v) is 6.43. The summed E-state index contributed by atoms with van der Waals surface area (Å²) in [5.74, 6) is -0.365. The van der Waals surface area contributed by atoms with Crippen LogP contribution in [-0.2, 0) is 4.79 Å². The molecule has 1 aromatic carbocycles. The summed E-state index contributed by atoms with van der Waals surface area (Å²) in [4.78, 5) is 29.0. The Hall–Kier alpha value is -4.92. The normalized spacial score (nSPS) is 11.8. The molecule has 0 radical (unpaired) electrons. The first-order valence-corrected chi connectivity index (χ1v) is 12.6. The van der Waals surface area contributed by atoms with Crippen molar-refractivity contribution in [2.75, 3.05) is 5.32 Å². The van der Waals surface area contributed by atoms with E-state index in [1.54, 1.807) is 49.2 Å². The Balaban J connectivity index is 1.37. The Morgan fingerprint density at radius 1 is 0.923 bits per heavy atom. The molecule has 0 bridgehead atoms. The summed E-state index contributed by atoms with van der Waals surface area (Å²) >= 11 is 0. The van der Waals surface area contributed by atoms with Crippen molar-refractivity contribution in [3.8, 4) is 33.6 Å². The third kappa shape index (κ3) is 4.86. The maximum Gasteiger partial charge on any atom is 0.224 e. The van der Waals surface area contributed by atoms with Gasteiger partial charge < -0.3 is 10.3 Å². The minimum absolute atomic E-state index is 0.0600. The number of carbonyl (C=O) groups excluding carboxylic acids is 1. The van der Waals surface area contributed by atoms with Gasteiger partial charge in [0, 0.05) is 58.0 Å². The molecule has 9 heteroatoms. The number of nitrogens with one attached hydrogen (secondary N) is 3. The molecule has 6 rings (SSSR count). The number of benzene rings is 1. The first-order chi connectivity index (χ1) is 18.7. The first-order valence-electron chi connectivity index (χ1n) is 12.6. The molecule has 0 fully saturated rings. The van der Waals surface area contributed by atoms with E-state index in [-0.39, 0.29) is 17.1 Å². The Labute approximate surface area is 223 Å². The summed E-state index contributed by atoms with van der Waals surface area (Å²) in [6.07, 6.45) is 8.89. The van der Waals surface area contributed by atoms with Gasteiger partial charge in [-0.2, -0.15) is 5.10 Å². The van der Waals surface area contributed by atoms with Crippen molar-refractivity contribution in [3.05, 3.63) is 79.3 Å². The smallest absolute Gasteiger partial charge is 0.224 e. The van der Waals surface area contributed by atoms with Gasteiger partial charge in [-0.1, -0.05) is 39.0 Å². The molecule has 0 unspecified atom stereocenters. The van der Waals surface area contributed by atoms with E-state index in [2.05, 4.69) is 35.5 Å². The number of halogens is 1. The van der Waals surface area contributed by atoms with Crippen molar-refractivity contribution in [1.82, 2.24) is 30.1 Å². The molecule has 8 nitrogen and oxygen atoms in total. The van der Waals surface area contributed by atoms with Crippen LogP contribution in [0.1, 0.15) is 27.2 Å². The molecule has 1 amide bonds. The summed E-state index contributed by atoms with van der Waals surface area (Å²) < 4.78 is 14.6. The second-order valence-electron chi connectivity index (χ2n) is 10.8. The lowest BCUT2D eigenvalue weighted by Crippen LogP contribution is -2.19. The highest BCUT2D eigenvalue weighted by atomic mass is 19.1. The van der Waals surface area contributed by atoms with Gasteiger partial charge in [0.2, 0.25) is 5.91 Å². The number of aromatic nitrogens is 6. The predicted octanol–water partition coefficient (Wildman–Crippen LogP) is 6.74. The lowest BCUT2D eigenvalue weighted by atomic mass is 9.92. The van der Waals surface area contributed by atoms with Crippen LogP contribution in [0.15, 0.2) is 73.4 Å². The first kappa shape index (κ1) is 24.4. The second-order valence-corrected chi connectivity index (χ2v) is 10.8. The van der Waals surface area contributed by atoms with E-state index < -0.39 is 0 Å². The fourth-order valence-corrected chi connectivity index (χ4v) is 4.70. The summed E-state index contributed by atoms with van der Waals surface area (Å²) in [6, 6.07) is 12.5. The maximum atomic E-state index is 14.6. The van der Waals surface area contributed by atoms with Gasteiger partial charge in [-0.25, -0.2) is 9.37 Å². The summed E-state index contributed by atoms with van der Waals surface area (Å²) in [7, 11) is 0. The van der Waals surface area contributed by atoms with Crippen molar-refractivity contribution in [1.29, 1.82) is 0 Å². The number of hydrogen-bond acceptors (Lipinski definition) is 5. The number of fused-ring (bicyclic) bond motifs is 2. The Morgan fingerprint density at radius 2 is 1.72 bits per heavy atom. The van der Waals surface area contributed by atoms with Gasteiger partial charge in [0.25, 0.3) is 0 Å².